The van der Waals surface area contributed by atoms with Crippen LogP contribution >= 0.6 is 0 Å². The number of primary amides is 1. The lowest BCUT2D eigenvalue weighted by atomic mass is 10.2. The molecule has 1 rings (SSSR count). The van der Waals surface area contributed by atoms with Crippen molar-refractivity contribution in [2.24, 2.45) is 5.73 Å². The van der Waals surface area contributed by atoms with Crippen molar-refractivity contribution < 1.29 is 9.53 Å². The molecule has 0 fully saturated rings. The van der Waals surface area contributed by atoms with Crippen LogP contribution in [-0.2, 0) is 4.74 Å². The zero-order valence-corrected chi connectivity index (χ0v) is 10.5. The summed E-state index contributed by atoms with van der Waals surface area (Å²) in [5.41, 5.74) is 6.05. The molecule has 0 spiro atoms. The Labute approximate surface area is 108 Å². The Morgan fingerprint density at radius 3 is 2.78 bits per heavy atom. The van der Waals surface area contributed by atoms with E-state index in [-0.39, 0.29) is 0 Å². The Morgan fingerprint density at radius 2 is 2.06 bits per heavy atom. The number of benzene rings is 1. The summed E-state index contributed by atoms with van der Waals surface area (Å²) >= 11 is 0. The van der Waals surface area contributed by atoms with Crippen molar-refractivity contribution in [3.63, 3.8) is 0 Å². The highest BCUT2D eigenvalue weighted by Crippen LogP contribution is 1.99. The predicted octanol–water partition coefficient (Wildman–Crippen LogP) is 2.16. The van der Waals surface area contributed by atoms with Crippen LogP contribution < -0.4 is 11.1 Å². The molecule has 98 valence electrons. The van der Waals surface area contributed by atoms with E-state index in [2.05, 4.69) is 34.3 Å². The Morgan fingerprint density at radius 1 is 1.28 bits per heavy atom. The normalized spacial score (nSPS) is 10.7. The third kappa shape index (κ3) is 7.46. The molecule has 0 aliphatic carbocycles. The van der Waals surface area contributed by atoms with E-state index in [9.17, 15) is 4.79 Å². The summed E-state index contributed by atoms with van der Waals surface area (Å²) < 4.78 is 4.62. The fraction of sp³-hybridized carbons (Fsp3) is 0.357. The summed E-state index contributed by atoms with van der Waals surface area (Å²) in [5.74, 6) is 0. The molecule has 0 aromatic heterocycles. The van der Waals surface area contributed by atoms with E-state index in [1.807, 2.05) is 18.2 Å². The molecular formula is C14H20N2O2. The number of unbranched alkanes of at least 4 members (excludes halogenated alkanes) is 1. The van der Waals surface area contributed by atoms with Gasteiger partial charge in [-0.2, -0.15) is 0 Å². The number of rotatable bonds is 8. The fourth-order valence-corrected chi connectivity index (χ4v) is 1.47. The van der Waals surface area contributed by atoms with Crippen LogP contribution in [0.3, 0.4) is 0 Å². The smallest absolute Gasteiger partial charge is 0.404 e. The lowest BCUT2D eigenvalue weighted by molar-refractivity contribution is 0.154. The van der Waals surface area contributed by atoms with E-state index in [4.69, 9.17) is 5.73 Å². The quantitative estimate of drug-likeness (QED) is 0.693. The zero-order chi connectivity index (χ0) is 13.1. The monoisotopic (exact) mass is 248 g/mol. The molecule has 0 heterocycles. The van der Waals surface area contributed by atoms with E-state index in [0.29, 0.717) is 6.61 Å². The number of carbonyl (C=O) groups excluding carboxylic acids is 1. The molecule has 4 nitrogen and oxygen atoms in total. The minimum absolute atomic E-state index is 0.400. The molecule has 4 heteroatoms. The molecule has 0 atom stereocenters. The van der Waals surface area contributed by atoms with Crippen molar-refractivity contribution in [3.05, 3.63) is 42.0 Å². The number of hydrogen-bond acceptors (Lipinski definition) is 3. The SMILES string of the molecule is NC(=O)OCCCCNCC=Cc1ccccc1. The second kappa shape index (κ2) is 9.24. The maximum atomic E-state index is 10.3. The van der Waals surface area contributed by atoms with Gasteiger partial charge in [0.15, 0.2) is 0 Å². The molecular weight excluding hydrogens is 228 g/mol. The van der Waals surface area contributed by atoms with Gasteiger partial charge in [0.05, 0.1) is 6.61 Å². The largest absolute Gasteiger partial charge is 0.450 e. The number of nitrogens with one attached hydrogen (secondary N) is 1. The number of carbonyl (C=O) groups is 1. The van der Waals surface area contributed by atoms with Gasteiger partial charge in [0.2, 0.25) is 0 Å². The molecule has 18 heavy (non-hydrogen) atoms. The maximum absolute atomic E-state index is 10.3. The highest BCUT2D eigenvalue weighted by atomic mass is 16.5. The standard InChI is InChI=1S/C14H20N2O2/c15-14(17)18-12-5-4-10-16-11-6-9-13-7-2-1-3-8-13/h1-3,6-9,16H,4-5,10-12H2,(H2,15,17). The Kier molecular flexibility index (Phi) is 7.32. The van der Waals surface area contributed by atoms with Crippen LogP contribution in [0.1, 0.15) is 18.4 Å². The molecule has 0 saturated carbocycles. The van der Waals surface area contributed by atoms with Crippen LogP contribution in [0.4, 0.5) is 4.79 Å². The third-order valence-corrected chi connectivity index (χ3v) is 2.36. The van der Waals surface area contributed by atoms with E-state index in [1.54, 1.807) is 0 Å². The van der Waals surface area contributed by atoms with Crippen LogP contribution in [-0.4, -0.2) is 25.8 Å². The first kappa shape index (κ1) is 14.3. The van der Waals surface area contributed by atoms with Crippen molar-refractivity contribution in [2.45, 2.75) is 12.8 Å². The van der Waals surface area contributed by atoms with Crippen molar-refractivity contribution >= 4 is 12.2 Å². The van der Waals surface area contributed by atoms with Crippen LogP contribution in [0.5, 0.6) is 0 Å². The summed E-state index contributed by atoms with van der Waals surface area (Å²) in [7, 11) is 0. The van der Waals surface area contributed by atoms with E-state index < -0.39 is 6.09 Å². The van der Waals surface area contributed by atoms with Crippen molar-refractivity contribution in [1.82, 2.24) is 5.32 Å². The minimum atomic E-state index is -0.700. The molecule has 1 amide bonds. The van der Waals surface area contributed by atoms with Gasteiger partial charge in [-0.05, 0) is 24.9 Å². The van der Waals surface area contributed by atoms with Crippen molar-refractivity contribution in [3.8, 4) is 0 Å². The Bertz CT molecular complexity index is 363. The van der Waals surface area contributed by atoms with Crippen LogP contribution in [0.25, 0.3) is 6.08 Å². The molecule has 0 saturated heterocycles. The lowest BCUT2D eigenvalue weighted by Crippen LogP contribution is -2.17. The number of amides is 1. The van der Waals surface area contributed by atoms with Gasteiger partial charge >= 0.3 is 6.09 Å². The van der Waals surface area contributed by atoms with Gasteiger partial charge in [0.1, 0.15) is 0 Å². The molecule has 1 aromatic carbocycles. The van der Waals surface area contributed by atoms with Gasteiger partial charge in [-0.3, -0.25) is 0 Å². The van der Waals surface area contributed by atoms with Crippen LogP contribution in [0, 0.1) is 0 Å². The van der Waals surface area contributed by atoms with Gasteiger partial charge in [-0.25, -0.2) is 4.79 Å². The van der Waals surface area contributed by atoms with E-state index >= 15 is 0 Å². The molecule has 1 aromatic rings. The second-order valence-corrected chi connectivity index (χ2v) is 3.89. The lowest BCUT2D eigenvalue weighted by Gasteiger charge is -2.02. The highest BCUT2D eigenvalue weighted by Gasteiger charge is 1.92. The van der Waals surface area contributed by atoms with Gasteiger partial charge in [0, 0.05) is 6.54 Å². The summed E-state index contributed by atoms with van der Waals surface area (Å²) in [6, 6.07) is 10.2. The second-order valence-electron chi connectivity index (χ2n) is 3.89. The first-order valence-corrected chi connectivity index (χ1v) is 6.13. The summed E-state index contributed by atoms with van der Waals surface area (Å²) in [4.78, 5) is 10.3. The number of nitrogens with two attached hydrogens (primary N) is 1. The Balaban J connectivity index is 1.96. The van der Waals surface area contributed by atoms with Crippen LogP contribution in [0.2, 0.25) is 0 Å². The first-order valence-electron chi connectivity index (χ1n) is 6.13. The molecule has 0 aliphatic rings. The number of hydrogen-bond donors (Lipinski definition) is 2. The third-order valence-electron chi connectivity index (χ3n) is 2.36. The fourth-order valence-electron chi connectivity index (χ4n) is 1.47. The van der Waals surface area contributed by atoms with Crippen molar-refractivity contribution in [1.29, 1.82) is 0 Å². The van der Waals surface area contributed by atoms with E-state index in [0.717, 1.165) is 25.9 Å². The summed E-state index contributed by atoms with van der Waals surface area (Å²) in [5, 5.41) is 3.29. The average Bonchev–Trinajstić information content (AvgIpc) is 2.37. The summed E-state index contributed by atoms with van der Waals surface area (Å²) in [6.07, 6.45) is 5.28. The topological polar surface area (TPSA) is 64.4 Å². The predicted molar refractivity (Wildman–Crippen MR) is 73.1 cm³/mol. The zero-order valence-electron chi connectivity index (χ0n) is 10.5. The van der Waals surface area contributed by atoms with Gasteiger partial charge in [0.25, 0.3) is 0 Å². The molecule has 0 aliphatic heterocycles. The van der Waals surface area contributed by atoms with E-state index in [1.165, 1.54) is 5.56 Å². The summed E-state index contributed by atoms with van der Waals surface area (Å²) in [6.45, 7) is 2.14. The number of ether oxygens (including phenoxy) is 1. The molecule has 3 N–H and O–H groups in total. The van der Waals surface area contributed by atoms with Crippen molar-refractivity contribution in [2.75, 3.05) is 19.7 Å². The average molecular weight is 248 g/mol. The Hall–Kier alpha value is -1.81. The molecule has 0 bridgehead atoms. The van der Waals surface area contributed by atoms with Gasteiger partial charge in [-0.15, -0.1) is 0 Å². The minimum Gasteiger partial charge on any atom is -0.450 e. The molecule has 0 radical (unpaired) electrons. The van der Waals surface area contributed by atoms with Gasteiger partial charge in [-0.1, -0.05) is 42.5 Å². The van der Waals surface area contributed by atoms with Gasteiger partial charge < -0.3 is 15.8 Å². The highest BCUT2D eigenvalue weighted by molar-refractivity contribution is 5.64. The maximum Gasteiger partial charge on any atom is 0.404 e. The first-order chi connectivity index (χ1) is 8.79. The molecule has 0 unspecified atom stereocenters. The van der Waals surface area contributed by atoms with Crippen LogP contribution in [0.15, 0.2) is 36.4 Å².